The van der Waals surface area contributed by atoms with Crippen molar-refractivity contribution in [3.8, 4) is 0 Å². The van der Waals surface area contributed by atoms with E-state index in [0.717, 1.165) is 43.1 Å². The summed E-state index contributed by atoms with van der Waals surface area (Å²) in [6.45, 7) is 7.55. The van der Waals surface area contributed by atoms with Gasteiger partial charge in [-0.25, -0.2) is 4.98 Å². The molecule has 2 fully saturated rings. The predicted octanol–water partition coefficient (Wildman–Crippen LogP) is 2.66. The van der Waals surface area contributed by atoms with Crippen molar-refractivity contribution < 1.29 is 9.53 Å². The fourth-order valence-electron chi connectivity index (χ4n) is 3.65. The maximum Gasteiger partial charge on any atom is 0.251 e. The first-order chi connectivity index (χ1) is 13.6. The summed E-state index contributed by atoms with van der Waals surface area (Å²) < 4.78 is 5.54. The van der Waals surface area contributed by atoms with E-state index >= 15 is 0 Å². The van der Waals surface area contributed by atoms with Gasteiger partial charge in [-0.15, -0.1) is 0 Å². The second-order valence-electron chi connectivity index (χ2n) is 7.50. The molecular weight excluding hydrogens is 354 g/mol. The normalized spacial score (nSPS) is 19.7. The van der Waals surface area contributed by atoms with Gasteiger partial charge in [-0.1, -0.05) is 17.7 Å². The molecule has 0 spiro atoms. The minimum Gasteiger partial charge on any atom is -0.368 e. The molecule has 7 heteroatoms. The van der Waals surface area contributed by atoms with E-state index in [4.69, 9.17) is 9.72 Å². The lowest BCUT2D eigenvalue weighted by Gasteiger charge is -2.35. The van der Waals surface area contributed by atoms with Crippen molar-refractivity contribution in [1.82, 2.24) is 14.9 Å². The number of ether oxygens (including phenoxy) is 1. The van der Waals surface area contributed by atoms with Gasteiger partial charge in [0.15, 0.2) is 0 Å². The lowest BCUT2D eigenvalue weighted by molar-refractivity contribution is -0.141. The van der Waals surface area contributed by atoms with E-state index in [2.05, 4.69) is 34.3 Å². The second-order valence-corrected chi connectivity index (χ2v) is 7.50. The number of piperazine rings is 1. The van der Waals surface area contributed by atoms with Gasteiger partial charge in [0, 0.05) is 50.2 Å². The molecule has 7 nitrogen and oxygen atoms in total. The van der Waals surface area contributed by atoms with Gasteiger partial charge in [-0.3, -0.25) is 4.79 Å². The largest absolute Gasteiger partial charge is 0.368 e. The molecule has 0 unspecified atom stereocenters. The Balaban J connectivity index is 1.41. The average molecular weight is 381 g/mol. The van der Waals surface area contributed by atoms with Crippen molar-refractivity contribution in [1.29, 1.82) is 0 Å². The molecule has 28 heavy (non-hydrogen) atoms. The predicted molar refractivity (Wildman–Crippen MR) is 109 cm³/mol. The molecule has 0 bridgehead atoms. The van der Waals surface area contributed by atoms with Crippen LogP contribution in [0.3, 0.4) is 0 Å². The topological polar surface area (TPSA) is 70.6 Å². The summed E-state index contributed by atoms with van der Waals surface area (Å²) in [7, 11) is 0. The fourth-order valence-corrected chi connectivity index (χ4v) is 3.65. The number of nitrogens with one attached hydrogen (secondary N) is 1. The van der Waals surface area contributed by atoms with Crippen LogP contribution in [0, 0.1) is 13.8 Å². The van der Waals surface area contributed by atoms with Gasteiger partial charge < -0.3 is 19.9 Å². The number of hydrogen-bond acceptors (Lipinski definition) is 6. The molecule has 2 aliphatic heterocycles. The van der Waals surface area contributed by atoms with Crippen LogP contribution < -0.4 is 10.2 Å². The Morgan fingerprint density at radius 1 is 1.11 bits per heavy atom. The highest BCUT2D eigenvalue weighted by Crippen LogP contribution is 2.21. The minimum absolute atomic E-state index is 0.129. The van der Waals surface area contributed by atoms with E-state index in [9.17, 15) is 4.79 Å². The zero-order chi connectivity index (χ0) is 19.5. The van der Waals surface area contributed by atoms with E-state index in [1.165, 1.54) is 5.56 Å². The van der Waals surface area contributed by atoms with Crippen LogP contribution in [0.2, 0.25) is 0 Å². The smallest absolute Gasteiger partial charge is 0.251 e. The summed E-state index contributed by atoms with van der Waals surface area (Å²) in [6, 6.07) is 10.2. The molecule has 1 aromatic heterocycles. The molecule has 0 saturated carbocycles. The molecule has 1 amide bonds. The number of aromatic nitrogens is 2. The summed E-state index contributed by atoms with van der Waals surface area (Å²) >= 11 is 0. The molecule has 1 N–H and O–H groups in total. The molecule has 4 rings (SSSR count). The number of amides is 1. The number of anilines is 3. The lowest BCUT2D eigenvalue weighted by atomic mass is 10.2. The van der Waals surface area contributed by atoms with E-state index in [1.54, 1.807) is 0 Å². The molecule has 2 aromatic rings. The Kier molecular flexibility index (Phi) is 5.43. The van der Waals surface area contributed by atoms with Gasteiger partial charge in [-0.2, -0.15) is 4.98 Å². The van der Waals surface area contributed by atoms with Crippen LogP contribution in [0.1, 0.15) is 24.1 Å². The Bertz CT molecular complexity index is 825. The van der Waals surface area contributed by atoms with Gasteiger partial charge >= 0.3 is 0 Å². The highest BCUT2D eigenvalue weighted by atomic mass is 16.5. The molecule has 2 saturated heterocycles. The van der Waals surface area contributed by atoms with Crippen LogP contribution in [0.4, 0.5) is 17.5 Å². The number of hydrogen-bond donors (Lipinski definition) is 1. The number of nitrogens with zero attached hydrogens (tertiary/aromatic N) is 4. The van der Waals surface area contributed by atoms with Crippen LogP contribution >= 0.6 is 0 Å². The molecule has 0 aliphatic carbocycles. The van der Waals surface area contributed by atoms with Gasteiger partial charge in [0.1, 0.15) is 11.9 Å². The maximum atomic E-state index is 12.5. The van der Waals surface area contributed by atoms with Gasteiger partial charge in [0.2, 0.25) is 5.95 Å². The second kappa shape index (κ2) is 8.14. The zero-order valence-electron chi connectivity index (χ0n) is 16.5. The number of benzene rings is 1. The van der Waals surface area contributed by atoms with E-state index in [1.807, 2.05) is 30.0 Å². The third-order valence-electron chi connectivity index (χ3n) is 5.25. The Morgan fingerprint density at radius 2 is 1.86 bits per heavy atom. The average Bonchev–Trinajstić information content (AvgIpc) is 3.24. The maximum absolute atomic E-state index is 12.5. The van der Waals surface area contributed by atoms with Crippen LogP contribution in [0.15, 0.2) is 30.3 Å². The third kappa shape index (κ3) is 4.25. The summed E-state index contributed by atoms with van der Waals surface area (Å²) in [5.41, 5.74) is 3.14. The van der Waals surface area contributed by atoms with Gasteiger partial charge in [0.25, 0.3) is 5.91 Å². The molecule has 1 aromatic carbocycles. The van der Waals surface area contributed by atoms with Crippen molar-refractivity contribution in [3.05, 3.63) is 41.6 Å². The Labute approximate surface area is 165 Å². The van der Waals surface area contributed by atoms with Crippen molar-refractivity contribution >= 4 is 23.4 Å². The molecule has 2 aliphatic rings. The number of rotatable bonds is 4. The first kappa shape index (κ1) is 18.7. The van der Waals surface area contributed by atoms with Gasteiger partial charge in [0.05, 0.1) is 0 Å². The zero-order valence-corrected chi connectivity index (χ0v) is 16.5. The first-order valence-corrected chi connectivity index (χ1v) is 9.93. The SMILES string of the molecule is Cc1ccc(Nc2cc(C)nc(N3CCN(C(=O)[C@H]4CCCO4)CC3)n2)cc1. The summed E-state index contributed by atoms with van der Waals surface area (Å²) in [6.07, 6.45) is 1.57. The molecule has 1 atom stereocenters. The highest BCUT2D eigenvalue weighted by Gasteiger charge is 2.30. The molecule has 0 radical (unpaired) electrons. The molecule has 148 valence electrons. The Hall–Kier alpha value is -2.67. The van der Waals surface area contributed by atoms with E-state index < -0.39 is 0 Å². The standard InChI is InChI=1S/C21H27N5O2/c1-15-5-7-17(8-6-15)23-19-14-16(2)22-21(24-19)26-11-9-25(10-12-26)20(27)18-4-3-13-28-18/h5-8,14,18H,3-4,9-13H2,1-2H3,(H,22,23,24)/t18-/m1/s1. The lowest BCUT2D eigenvalue weighted by Crippen LogP contribution is -2.51. The van der Waals surface area contributed by atoms with E-state index in [0.29, 0.717) is 25.6 Å². The summed E-state index contributed by atoms with van der Waals surface area (Å²) in [5, 5.41) is 3.36. The summed E-state index contributed by atoms with van der Waals surface area (Å²) in [5.74, 6) is 1.62. The third-order valence-corrected chi connectivity index (χ3v) is 5.25. The minimum atomic E-state index is -0.243. The van der Waals surface area contributed by atoms with Gasteiger partial charge in [-0.05, 0) is 38.8 Å². The van der Waals surface area contributed by atoms with E-state index in [-0.39, 0.29) is 12.0 Å². The van der Waals surface area contributed by atoms with Crippen LogP contribution in [-0.4, -0.2) is 59.7 Å². The number of carbonyl (C=O) groups excluding carboxylic acids is 1. The summed E-state index contributed by atoms with van der Waals surface area (Å²) in [4.78, 5) is 25.9. The van der Waals surface area contributed by atoms with Crippen molar-refractivity contribution in [2.45, 2.75) is 32.8 Å². The number of carbonyl (C=O) groups is 1. The van der Waals surface area contributed by atoms with Crippen LogP contribution in [0.25, 0.3) is 0 Å². The molecule has 3 heterocycles. The quantitative estimate of drug-likeness (QED) is 0.878. The first-order valence-electron chi connectivity index (χ1n) is 9.93. The highest BCUT2D eigenvalue weighted by molar-refractivity contribution is 5.81. The fraction of sp³-hybridized carbons (Fsp3) is 0.476. The molecular formula is C21H27N5O2. The Morgan fingerprint density at radius 3 is 2.54 bits per heavy atom. The van der Waals surface area contributed by atoms with Crippen LogP contribution in [-0.2, 0) is 9.53 Å². The van der Waals surface area contributed by atoms with Crippen molar-refractivity contribution in [2.75, 3.05) is 43.0 Å². The van der Waals surface area contributed by atoms with Crippen molar-refractivity contribution in [2.24, 2.45) is 0 Å². The monoisotopic (exact) mass is 381 g/mol. The van der Waals surface area contributed by atoms with Crippen LogP contribution in [0.5, 0.6) is 0 Å². The number of aryl methyl sites for hydroxylation is 2. The van der Waals surface area contributed by atoms with Crippen molar-refractivity contribution in [3.63, 3.8) is 0 Å².